The monoisotopic (exact) mass is 303 g/mol. The third-order valence-corrected chi connectivity index (χ3v) is 3.55. The zero-order valence-corrected chi connectivity index (χ0v) is 13.5. The average molecular weight is 303 g/mol. The lowest BCUT2D eigenvalue weighted by Crippen LogP contribution is -2.44. The van der Waals surface area contributed by atoms with Crippen molar-refractivity contribution in [3.8, 4) is 11.3 Å². The second-order valence-corrected chi connectivity index (χ2v) is 6.84. The van der Waals surface area contributed by atoms with Crippen molar-refractivity contribution in [1.29, 1.82) is 0 Å². The summed E-state index contributed by atoms with van der Waals surface area (Å²) in [6, 6.07) is 10.1. The number of thiazole rings is 1. The molecule has 21 heavy (non-hydrogen) atoms. The Hall–Kier alpha value is -1.72. The predicted octanol–water partition coefficient (Wildman–Crippen LogP) is 2.81. The first-order chi connectivity index (χ1) is 9.94. The lowest BCUT2D eigenvalue weighted by atomic mass is 10.1. The number of amides is 1. The van der Waals surface area contributed by atoms with Crippen LogP contribution in [0.3, 0.4) is 0 Å². The molecule has 0 aliphatic carbocycles. The maximum atomic E-state index is 11.7. The number of rotatable bonds is 5. The van der Waals surface area contributed by atoms with Crippen LogP contribution < -0.4 is 10.6 Å². The van der Waals surface area contributed by atoms with E-state index in [9.17, 15) is 4.79 Å². The van der Waals surface area contributed by atoms with Gasteiger partial charge in [0.1, 0.15) is 5.01 Å². The van der Waals surface area contributed by atoms with Crippen molar-refractivity contribution >= 4 is 17.2 Å². The van der Waals surface area contributed by atoms with Gasteiger partial charge in [-0.2, -0.15) is 0 Å². The smallest absolute Gasteiger partial charge is 0.234 e. The second-order valence-electron chi connectivity index (χ2n) is 5.89. The molecule has 0 fully saturated rings. The Morgan fingerprint density at radius 2 is 1.95 bits per heavy atom. The average Bonchev–Trinajstić information content (AvgIpc) is 2.86. The lowest BCUT2D eigenvalue weighted by molar-refractivity contribution is -0.121. The van der Waals surface area contributed by atoms with Gasteiger partial charge in [0.15, 0.2) is 0 Å². The Morgan fingerprint density at radius 1 is 1.24 bits per heavy atom. The van der Waals surface area contributed by atoms with Gasteiger partial charge in [-0.05, 0) is 20.8 Å². The number of carbonyl (C=O) groups excluding carboxylic acids is 1. The molecule has 1 amide bonds. The third kappa shape index (κ3) is 5.28. The molecule has 0 atom stereocenters. The normalized spacial score (nSPS) is 11.4. The molecule has 112 valence electrons. The highest BCUT2D eigenvalue weighted by molar-refractivity contribution is 7.09. The van der Waals surface area contributed by atoms with Crippen LogP contribution in [0.2, 0.25) is 0 Å². The third-order valence-electron chi connectivity index (χ3n) is 2.70. The van der Waals surface area contributed by atoms with E-state index in [2.05, 4.69) is 15.6 Å². The number of hydrogen-bond donors (Lipinski definition) is 2. The molecule has 0 aliphatic heterocycles. The number of hydrogen-bond acceptors (Lipinski definition) is 4. The summed E-state index contributed by atoms with van der Waals surface area (Å²) in [7, 11) is 0. The number of nitrogens with zero attached hydrogens (tertiary/aromatic N) is 1. The molecule has 2 aromatic rings. The second kappa shape index (κ2) is 6.83. The van der Waals surface area contributed by atoms with E-state index >= 15 is 0 Å². The van der Waals surface area contributed by atoms with Crippen molar-refractivity contribution in [2.75, 3.05) is 6.54 Å². The molecule has 0 spiro atoms. The highest BCUT2D eigenvalue weighted by Crippen LogP contribution is 2.21. The van der Waals surface area contributed by atoms with Crippen molar-refractivity contribution in [1.82, 2.24) is 15.6 Å². The number of aromatic nitrogens is 1. The van der Waals surface area contributed by atoms with E-state index in [4.69, 9.17) is 0 Å². The van der Waals surface area contributed by atoms with E-state index < -0.39 is 0 Å². The summed E-state index contributed by atoms with van der Waals surface area (Å²) in [5.74, 6) is 0.00217. The number of nitrogens with one attached hydrogen (secondary N) is 2. The van der Waals surface area contributed by atoms with Crippen molar-refractivity contribution in [2.45, 2.75) is 32.9 Å². The van der Waals surface area contributed by atoms with Crippen LogP contribution in [0.1, 0.15) is 25.8 Å². The van der Waals surface area contributed by atoms with Crippen LogP contribution >= 0.6 is 11.3 Å². The molecule has 0 saturated heterocycles. The van der Waals surface area contributed by atoms with Crippen LogP contribution in [0.4, 0.5) is 0 Å². The van der Waals surface area contributed by atoms with Gasteiger partial charge >= 0.3 is 0 Å². The molecule has 4 nitrogen and oxygen atoms in total. The van der Waals surface area contributed by atoms with Gasteiger partial charge in [-0.15, -0.1) is 11.3 Å². The molecular weight excluding hydrogens is 282 g/mol. The first-order valence-electron chi connectivity index (χ1n) is 6.95. The Kier molecular flexibility index (Phi) is 5.09. The molecule has 0 saturated carbocycles. The minimum absolute atomic E-state index is 0.00217. The lowest BCUT2D eigenvalue weighted by Gasteiger charge is -2.20. The van der Waals surface area contributed by atoms with Crippen LogP contribution in [0.5, 0.6) is 0 Å². The van der Waals surface area contributed by atoms with E-state index in [1.807, 2.05) is 56.5 Å². The van der Waals surface area contributed by atoms with Gasteiger partial charge in [0.05, 0.1) is 12.2 Å². The predicted molar refractivity (Wildman–Crippen MR) is 87.2 cm³/mol. The van der Waals surface area contributed by atoms with E-state index in [1.165, 1.54) is 0 Å². The number of benzene rings is 1. The summed E-state index contributed by atoms with van der Waals surface area (Å²) < 4.78 is 0. The Bertz CT molecular complexity index is 587. The van der Waals surface area contributed by atoms with Crippen LogP contribution in [0.25, 0.3) is 11.3 Å². The van der Waals surface area contributed by atoms with Crippen molar-refractivity contribution < 1.29 is 4.79 Å². The first-order valence-corrected chi connectivity index (χ1v) is 7.83. The summed E-state index contributed by atoms with van der Waals surface area (Å²) in [5.41, 5.74) is 1.91. The molecule has 1 aromatic carbocycles. The molecule has 0 unspecified atom stereocenters. The number of carbonyl (C=O) groups is 1. The van der Waals surface area contributed by atoms with Crippen molar-refractivity contribution in [3.05, 3.63) is 40.7 Å². The molecule has 0 aliphatic rings. The molecule has 1 aromatic heterocycles. The quantitative estimate of drug-likeness (QED) is 0.893. The minimum Gasteiger partial charge on any atom is -0.350 e. The largest absolute Gasteiger partial charge is 0.350 e. The van der Waals surface area contributed by atoms with Gasteiger partial charge in [-0.3, -0.25) is 4.79 Å². The van der Waals surface area contributed by atoms with Gasteiger partial charge in [0.25, 0.3) is 0 Å². The summed E-state index contributed by atoms with van der Waals surface area (Å²) in [6.45, 7) is 6.82. The van der Waals surface area contributed by atoms with E-state index in [0.717, 1.165) is 16.3 Å². The molecule has 2 N–H and O–H groups in total. The molecule has 0 bridgehead atoms. The van der Waals surface area contributed by atoms with Crippen LogP contribution in [-0.4, -0.2) is 23.0 Å². The molecule has 1 heterocycles. The molecule has 0 radical (unpaired) electrons. The van der Waals surface area contributed by atoms with Crippen LogP contribution in [0.15, 0.2) is 35.7 Å². The standard InChI is InChI=1S/C16H21N3OS/c1-16(2,3)19-14(20)9-17-10-15-18-13(11-21-15)12-7-5-4-6-8-12/h4-8,11,17H,9-10H2,1-3H3,(H,19,20). The summed E-state index contributed by atoms with van der Waals surface area (Å²) in [6.07, 6.45) is 0. The van der Waals surface area contributed by atoms with Gasteiger partial charge in [0, 0.05) is 23.0 Å². The Labute approximate surface area is 129 Å². The van der Waals surface area contributed by atoms with Crippen molar-refractivity contribution in [2.24, 2.45) is 0 Å². The fraction of sp³-hybridized carbons (Fsp3) is 0.375. The maximum absolute atomic E-state index is 11.7. The van der Waals surface area contributed by atoms with Gasteiger partial charge in [-0.25, -0.2) is 4.98 Å². The highest BCUT2D eigenvalue weighted by atomic mass is 32.1. The fourth-order valence-electron chi connectivity index (χ4n) is 1.88. The van der Waals surface area contributed by atoms with Gasteiger partial charge in [0.2, 0.25) is 5.91 Å². The van der Waals surface area contributed by atoms with Crippen molar-refractivity contribution in [3.63, 3.8) is 0 Å². The summed E-state index contributed by atoms with van der Waals surface area (Å²) in [5, 5.41) is 9.07. The zero-order chi connectivity index (χ0) is 15.3. The fourth-order valence-corrected chi connectivity index (χ4v) is 2.65. The van der Waals surface area contributed by atoms with Gasteiger partial charge in [-0.1, -0.05) is 30.3 Å². The van der Waals surface area contributed by atoms with E-state index in [0.29, 0.717) is 13.1 Å². The molecule has 2 rings (SSSR count). The summed E-state index contributed by atoms with van der Waals surface area (Å²) >= 11 is 1.60. The molecule has 5 heteroatoms. The van der Waals surface area contributed by atoms with E-state index in [1.54, 1.807) is 11.3 Å². The van der Waals surface area contributed by atoms with Crippen LogP contribution in [0, 0.1) is 0 Å². The first kappa shape index (κ1) is 15.7. The van der Waals surface area contributed by atoms with E-state index in [-0.39, 0.29) is 11.4 Å². The van der Waals surface area contributed by atoms with Gasteiger partial charge < -0.3 is 10.6 Å². The molecular formula is C16H21N3OS. The summed E-state index contributed by atoms with van der Waals surface area (Å²) in [4.78, 5) is 16.3. The Morgan fingerprint density at radius 3 is 2.62 bits per heavy atom. The Balaban J connectivity index is 1.83. The maximum Gasteiger partial charge on any atom is 0.234 e. The topological polar surface area (TPSA) is 54.0 Å². The van der Waals surface area contributed by atoms with Crippen LogP contribution in [-0.2, 0) is 11.3 Å². The minimum atomic E-state index is -0.194. The SMILES string of the molecule is CC(C)(C)NC(=O)CNCc1nc(-c2ccccc2)cs1. The zero-order valence-electron chi connectivity index (χ0n) is 12.6. The highest BCUT2D eigenvalue weighted by Gasteiger charge is 2.13.